The molecule has 2 N–H and O–H groups in total. The van der Waals surface area contributed by atoms with Crippen LogP contribution < -0.4 is 5.73 Å². The van der Waals surface area contributed by atoms with Crippen LogP contribution in [0, 0.1) is 0 Å². The third kappa shape index (κ3) is 2.73. The van der Waals surface area contributed by atoms with Crippen LogP contribution in [0.4, 0.5) is 5.69 Å². The van der Waals surface area contributed by atoms with Crippen molar-refractivity contribution in [2.45, 2.75) is 6.92 Å². The summed E-state index contributed by atoms with van der Waals surface area (Å²) in [5.41, 5.74) is 6.72. The number of likely N-dealkylation sites (N-methyl/N-ethyl adjacent to an activating group) is 1. The highest BCUT2D eigenvalue weighted by atomic mass is 35.5. The minimum atomic E-state index is 0.0422. The quantitative estimate of drug-likeness (QED) is 0.924. The van der Waals surface area contributed by atoms with Gasteiger partial charge in [-0.3, -0.25) is 4.79 Å². The summed E-state index contributed by atoms with van der Waals surface area (Å²) in [6, 6.07) is 5.58. The Kier molecular flexibility index (Phi) is 4.06. The Hall–Kier alpha value is -1.30. The van der Waals surface area contributed by atoms with Crippen molar-refractivity contribution in [1.29, 1.82) is 0 Å². The molecule has 1 aromatic carbocycles. The van der Waals surface area contributed by atoms with Crippen LogP contribution in [0.1, 0.15) is 16.6 Å². The summed E-state index contributed by atoms with van der Waals surface area (Å²) in [6.07, 6.45) is 0. The molecule has 0 bridgehead atoms. The van der Waals surface area contributed by atoms with E-state index in [2.05, 4.69) is 11.8 Å². The van der Waals surface area contributed by atoms with E-state index in [-0.39, 0.29) is 5.91 Å². The third-order valence-electron chi connectivity index (χ3n) is 3.99. The second-order valence-electron chi connectivity index (χ2n) is 5.21. The van der Waals surface area contributed by atoms with Gasteiger partial charge in [0, 0.05) is 41.3 Å². The number of nitrogen functional groups attached to an aromatic ring is 1. The van der Waals surface area contributed by atoms with E-state index in [1.165, 1.54) is 11.3 Å². The molecule has 0 radical (unpaired) electrons. The molecule has 0 spiro atoms. The lowest BCUT2D eigenvalue weighted by Gasteiger charge is -2.33. The summed E-state index contributed by atoms with van der Waals surface area (Å²) >= 11 is 7.46. The monoisotopic (exact) mass is 323 g/mol. The second kappa shape index (κ2) is 5.83. The lowest BCUT2D eigenvalue weighted by molar-refractivity contribution is 0.0649. The van der Waals surface area contributed by atoms with Gasteiger partial charge in [-0.05, 0) is 24.7 Å². The lowest BCUT2D eigenvalue weighted by atomic mass is 10.2. The molecule has 1 amide bonds. The maximum Gasteiger partial charge on any atom is 0.266 e. The van der Waals surface area contributed by atoms with Crippen molar-refractivity contribution >= 4 is 44.6 Å². The fourth-order valence-electron chi connectivity index (χ4n) is 2.66. The van der Waals surface area contributed by atoms with Crippen molar-refractivity contribution in [1.82, 2.24) is 9.80 Å². The van der Waals surface area contributed by atoms with Gasteiger partial charge in [-0.2, -0.15) is 0 Å². The number of thiophene rings is 1. The van der Waals surface area contributed by atoms with Gasteiger partial charge in [0.05, 0.1) is 5.69 Å². The van der Waals surface area contributed by atoms with Gasteiger partial charge in [0.25, 0.3) is 5.91 Å². The summed E-state index contributed by atoms with van der Waals surface area (Å²) in [5.74, 6) is 0.0422. The van der Waals surface area contributed by atoms with Crippen LogP contribution in [0.5, 0.6) is 0 Å². The summed E-state index contributed by atoms with van der Waals surface area (Å²) in [6.45, 7) is 6.57. The fraction of sp³-hybridized carbons (Fsp3) is 0.400. The van der Waals surface area contributed by atoms with Crippen molar-refractivity contribution in [3.05, 3.63) is 28.1 Å². The van der Waals surface area contributed by atoms with Gasteiger partial charge in [-0.15, -0.1) is 11.3 Å². The van der Waals surface area contributed by atoms with E-state index in [1.54, 1.807) is 0 Å². The van der Waals surface area contributed by atoms with E-state index in [1.807, 2.05) is 23.1 Å². The average Bonchev–Trinajstić information content (AvgIpc) is 2.83. The highest BCUT2D eigenvalue weighted by molar-refractivity contribution is 7.21. The van der Waals surface area contributed by atoms with Gasteiger partial charge in [0.2, 0.25) is 0 Å². The maximum absolute atomic E-state index is 12.7. The van der Waals surface area contributed by atoms with Gasteiger partial charge >= 0.3 is 0 Å². The number of anilines is 1. The Bertz CT molecular complexity index is 677. The molecule has 21 heavy (non-hydrogen) atoms. The highest BCUT2D eigenvalue weighted by Crippen LogP contribution is 2.36. The van der Waals surface area contributed by atoms with E-state index >= 15 is 0 Å². The lowest BCUT2D eigenvalue weighted by Crippen LogP contribution is -2.48. The van der Waals surface area contributed by atoms with Crippen LogP contribution in [0.15, 0.2) is 18.2 Å². The number of nitrogens with two attached hydrogens (primary N) is 1. The summed E-state index contributed by atoms with van der Waals surface area (Å²) in [5, 5.41) is 1.52. The van der Waals surface area contributed by atoms with E-state index in [4.69, 9.17) is 17.3 Å². The van der Waals surface area contributed by atoms with Crippen LogP contribution >= 0.6 is 22.9 Å². The minimum absolute atomic E-state index is 0.0422. The molecule has 4 nitrogen and oxygen atoms in total. The van der Waals surface area contributed by atoms with Gasteiger partial charge < -0.3 is 15.5 Å². The number of hydrogen-bond donors (Lipinski definition) is 1. The van der Waals surface area contributed by atoms with Gasteiger partial charge in [-0.25, -0.2) is 0 Å². The first-order valence-electron chi connectivity index (χ1n) is 7.09. The average molecular weight is 324 g/mol. The molecule has 1 aromatic heterocycles. The summed E-state index contributed by atoms with van der Waals surface area (Å²) in [7, 11) is 0. The molecule has 2 aromatic rings. The van der Waals surface area contributed by atoms with Crippen molar-refractivity contribution in [3.63, 3.8) is 0 Å². The molecule has 0 aliphatic carbocycles. The van der Waals surface area contributed by atoms with Crippen molar-refractivity contribution in [3.8, 4) is 0 Å². The third-order valence-corrected chi connectivity index (χ3v) is 5.40. The normalized spacial score (nSPS) is 16.6. The molecule has 1 fully saturated rings. The van der Waals surface area contributed by atoms with Crippen LogP contribution in [-0.4, -0.2) is 48.4 Å². The number of amides is 1. The Balaban J connectivity index is 1.87. The first kappa shape index (κ1) is 14.6. The van der Waals surface area contributed by atoms with Crippen molar-refractivity contribution < 1.29 is 4.79 Å². The van der Waals surface area contributed by atoms with Crippen LogP contribution in [0.2, 0.25) is 5.02 Å². The predicted octanol–water partition coefficient (Wildman–Crippen LogP) is 2.91. The number of hydrogen-bond acceptors (Lipinski definition) is 4. The molecule has 3 rings (SSSR count). The number of benzene rings is 1. The van der Waals surface area contributed by atoms with Gasteiger partial charge in [-0.1, -0.05) is 18.5 Å². The molecule has 0 atom stereocenters. The molecular formula is C15H18ClN3OS. The van der Waals surface area contributed by atoms with Crippen LogP contribution in [0.25, 0.3) is 10.1 Å². The number of rotatable bonds is 2. The van der Waals surface area contributed by atoms with E-state index in [0.717, 1.165) is 42.8 Å². The molecule has 6 heteroatoms. The van der Waals surface area contributed by atoms with Crippen molar-refractivity contribution in [2.24, 2.45) is 0 Å². The van der Waals surface area contributed by atoms with Crippen LogP contribution in [-0.2, 0) is 0 Å². The summed E-state index contributed by atoms with van der Waals surface area (Å²) < 4.78 is 1.01. The van der Waals surface area contributed by atoms with E-state index < -0.39 is 0 Å². The molecule has 1 aliphatic rings. The Labute approximate surface area is 133 Å². The fourth-order valence-corrected chi connectivity index (χ4v) is 3.90. The Morgan fingerprint density at radius 2 is 2.05 bits per heavy atom. The second-order valence-corrected chi connectivity index (χ2v) is 6.70. The zero-order valence-electron chi connectivity index (χ0n) is 11.9. The molecule has 112 valence electrons. The largest absolute Gasteiger partial charge is 0.397 e. The van der Waals surface area contributed by atoms with Gasteiger partial charge in [0.1, 0.15) is 4.88 Å². The highest BCUT2D eigenvalue weighted by Gasteiger charge is 2.25. The van der Waals surface area contributed by atoms with E-state index in [9.17, 15) is 4.79 Å². The smallest absolute Gasteiger partial charge is 0.266 e. The number of piperazine rings is 1. The summed E-state index contributed by atoms with van der Waals surface area (Å²) in [4.78, 5) is 17.6. The van der Waals surface area contributed by atoms with Crippen LogP contribution in [0.3, 0.4) is 0 Å². The Morgan fingerprint density at radius 3 is 2.71 bits per heavy atom. The number of carbonyl (C=O) groups is 1. The molecular weight excluding hydrogens is 306 g/mol. The topological polar surface area (TPSA) is 49.6 Å². The molecule has 2 heterocycles. The number of halogens is 1. The number of carbonyl (C=O) groups excluding carboxylic acids is 1. The minimum Gasteiger partial charge on any atom is -0.397 e. The van der Waals surface area contributed by atoms with Crippen molar-refractivity contribution in [2.75, 3.05) is 38.5 Å². The zero-order valence-corrected chi connectivity index (χ0v) is 13.5. The Morgan fingerprint density at radius 1 is 1.33 bits per heavy atom. The molecule has 1 saturated heterocycles. The molecule has 0 unspecified atom stereocenters. The molecule has 0 saturated carbocycles. The maximum atomic E-state index is 12.7. The number of fused-ring (bicyclic) bond motifs is 1. The number of nitrogens with zero attached hydrogens (tertiary/aromatic N) is 2. The zero-order chi connectivity index (χ0) is 15.0. The first-order chi connectivity index (χ1) is 10.1. The SMILES string of the molecule is CCN1CCN(C(=O)c2sc3ccc(Cl)cc3c2N)CC1. The van der Waals surface area contributed by atoms with Gasteiger partial charge in [0.15, 0.2) is 0 Å². The standard InChI is InChI=1S/C15H18ClN3OS/c1-2-18-5-7-19(8-6-18)15(20)14-13(17)11-9-10(16)3-4-12(11)21-14/h3-4,9H,2,5-8,17H2,1H3. The van der Waals surface area contributed by atoms with E-state index in [0.29, 0.717) is 15.6 Å². The first-order valence-corrected chi connectivity index (χ1v) is 8.28. The molecule has 1 aliphatic heterocycles. The predicted molar refractivity (Wildman–Crippen MR) is 89.3 cm³/mol.